The van der Waals surface area contributed by atoms with Gasteiger partial charge in [-0.05, 0) is 47.7 Å². The average molecular weight is 373 g/mol. The number of carbonyl (C=O) groups excluding carboxylic acids is 3. The zero-order chi connectivity index (χ0) is 18.7. The standard InChI is InChI=1S/C18H15NO6S/c1-23-12-5-3-11(4-6-12)9-15-16(20)19(18(22)26-15)10-13-7-8-14(25-13)17(21)24-2/h3-9H,10H2,1-2H3/b15-9+. The van der Waals surface area contributed by atoms with Crippen molar-refractivity contribution >= 4 is 35.0 Å². The number of ether oxygens (including phenoxy) is 2. The molecule has 0 aliphatic carbocycles. The predicted octanol–water partition coefficient (Wildman–Crippen LogP) is 3.31. The molecule has 1 aliphatic heterocycles. The van der Waals surface area contributed by atoms with Gasteiger partial charge >= 0.3 is 5.97 Å². The quantitative estimate of drug-likeness (QED) is 0.587. The van der Waals surface area contributed by atoms with E-state index < -0.39 is 17.1 Å². The summed E-state index contributed by atoms with van der Waals surface area (Å²) in [5.74, 6) is 0.00718. The van der Waals surface area contributed by atoms with Crippen molar-refractivity contribution in [3.63, 3.8) is 0 Å². The van der Waals surface area contributed by atoms with Gasteiger partial charge in [-0.1, -0.05) is 12.1 Å². The lowest BCUT2D eigenvalue weighted by Crippen LogP contribution is -2.27. The maximum Gasteiger partial charge on any atom is 0.373 e. The minimum Gasteiger partial charge on any atom is -0.497 e. The van der Waals surface area contributed by atoms with E-state index in [0.717, 1.165) is 22.2 Å². The molecule has 0 bridgehead atoms. The highest BCUT2D eigenvalue weighted by molar-refractivity contribution is 8.18. The summed E-state index contributed by atoms with van der Waals surface area (Å²) in [4.78, 5) is 37.5. The Morgan fingerprint density at radius 2 is 1.88 bits per heavy atom. The number of nitrogens with zero attached hydrogens (tertiary/aromatic N) is 1. The molecule has 2 amide bonds. The molecule has 0 radical (unpaired) electrons. The van der Waals surface area contributed by atoms with E-state index >= 15 is 0 Å². The van der Waals surface area contributed by atoms with Gasteiger partial charge in [0, 0.05) is 0 Å². The van der Waals surface area contributed by atoms with Crippen molar-refractivity contribution in [2.24, 2.45) is 0 Å². The number of imide groups is 1. The second kappa shape index (κ2) is 7.49. The summed E-state index contributed by atoms with van der Waals surface area (Å²) in [5.41, 5.74) is 0.780. The highest BCUT2D eigenvalue weighted by Crippen LogP contribution is 2.33. The van der Waals surface area contributed by atoms with Crippen molar-refractivity contribution < 1.29 is 28.3 Å². The molecule has 0 saturated carbocycles. The van der Waals surface area contributed by atoms with E-state index in [-0.39, 0.29) is 12.3 Å². The van der Waals surface area contributed by atoms with E-state index in [1.54, 1.807) is 37.5 Å². The molecule has 0 unspecified atom stereocenters. The third-order valence-corrected chi connectivity index (χ3v) is 4.56. The largest absolute Gasteiger partial charge is 0.497 e. The highest BCUT2D eigenvalue weighted by atomic mass is 32.2. The Labute approximate surface area is 153 Å². The smallest absolute Gasteiger partial charge is 0.373 e. The van der Waals surface area contributed by atoms with Gasteiger partial charge in [0.15, 0.2) is 0 Å². The number of hydrogen-bond acceptors (Lipinski definition) is 7. The first-order chi connectivity index (χ1) is 12.5. The Morgan fingerprint density at radius 3 is 2.54 bits per heavy atom. The number of esters is 1. The summed E-state index contributed by atoms with van der Waals surface area (Å²) < 4.78 is 15.0. The zero-order valence-electron chi connectivity index (χ0n) is 14.1. The lowest BCUT2D eigenvalue weighted by Gasteiger charge is -2.09. The molecule has 0 N–H and O–H groups in total. The van der Waals surface area contributed by atoms with Crippen LogP contribution < -0.4 is 4.74 Å². The number of benzene rings is 1. The van der Waals surface area contributed by atoms with Crippen LogP contribution >= 0.6 is 11.8 Å². The lowest BCUT2D eigenvalue weighted by atomic mass is 10.2. The molecular formula is C18H15NO6S. The minimum atomic E-state index is -0.621. The summed E-state index contributed by atoms with van der Waals surface area (Å²) in [5, 5.41) is -0.397. The fourth-order valence-corrected chi connectivity index (χ4v) is 3.16. The van der Waals surface area contributed by atoms with Crippen molar-refractivity contribution in [3.8, 4) is 5.75 Å². The van der Waals surface area contributed by atoms with Gasteiger partial charge in [0.1, 0.15) is 11.5 Å². The SMILES string of the molecule is COC(=O)c1ccc(CN2C(=O)S/C(=C/c3ccc(OC)cc3)C2=O)o1. The van der Waals surface area contributed by atoms with E-state index in [9.17, 15) is 14.4 Å². The number of methoxy groups -OCH3 is 2. The van der Waals surface area contributed by atoms with Crippen LogP contribution in [0.3, 0.4) is 0 Å². The predicted molar refractivity (Wildman–Crippen MR) is 94.6 cm³/mol. The maximum atomic E-state index is 12.5. The molecule has 1 aromatic carbocycles. The Balaban J connectivity index is 1.75. The summed E-state index contributed by atoms with van der Waals surface area (Å²) in [6.45, 7) is -0.0540. The number of thioether (sulfide) groups is 1. The number of furan rings is 1. The van der Waals surface area contributed by atoms with Crippen LogP contribution in [0.1, 0.15) is 21.9 Å². The van der Waals surface area contributed by atoms with E-state index in [2.05, 4.69) is 4.74 Å². The van der Waals surface area contributed by atoms with Crippen LogP contribution in [0.5, 0.6) is 5.75 Å². The molecule has 1 fully saturated rings. The third kappa shape index (κ3) is 3.65. The topological polar surface area (TPSA) is 86.0 Å². The molecule has 7 nitrogen and oxygen atoms in total. The monoisotopic (exact) mass is 373 g/mol. The second-order valence-electron chi connectivity index (χ2n) is 5.30. The fraction of sp³-hybridized carbons (Fsp3) is 0.167. The highest BCUT2D eigenvalue weighted by Gasteiger charge is 2.35. The number of rotatable bonds is 5. The zero-order valence-corrected chi connectivity index (χ0v) is 14.9. The Morgan fingerprint density at radius 1 is 1.15 bits per heavy atom. The van der Waals surface area contributed by atoms with E-state index in [0.29, 0.717) is 16.4 Å². The van der Waals surface area contributed by atoms with Crippen LogP contribution in [-0.4, -0.2) is 36.2 Å². The van der Waals surface area contributed by atoms with Gasteiger partial charge in [0.25, 0.3) is 11.1 Å². The van der Waals surface area contributed by atoms with Crippen molar-refractivity contribution in [1.29, 1.82) is 0 Å². The summed E-state index contributed by atoms with van der Waals surface area (Å²) >= 11 is 0.857. The first-order valence-corrected chi connectivity index (χ1v) is 8.40. The average Bonchev–Trinajstić information content (AvgIpc) is 3.22. The summed E-state index contributed by atoms with van der Waals surface area (Å²) in [6, 6.07) is 10.1. The van der Waals surface area contributed by atoms with Crippen LogP contribution in [0.25, 0.3) is 6.08 Å². The number of carbonyl (C=O) groups is 3. The van der Waals surface area contributed by atoms with Gasteiger partial charge in [-0.2, -0.15) is 0 Å². The Bertz CT molecular complexity index is 883. The molecule has 3 rings (SSSR count). The molecule has 1 aliphatic rings. The number of amides is 2. The first kappa shape index (κ1) is 17.8. The van der Waals surface area contributed by atoms with Crippen LogP contribution in [0.2, 0.25) is 0 Å². The first-order valence-electron chi connectivity index (χ1n) is 7.58. The van der Waals surface area contributed by atoms with Crippen LogP contribution in [0.15, 0.2) is 45.7 Å². The molecule has 8 heteroatoms. The molecule has 0 spiro atoms. The van der Waals surface area contributed by atoms with Crippen LogP contribution in [0.4, 0.5) is 4.79 Å². The third-order valence-electron chi connectivity index (χ3n) is 3.65. The van der Waals surface area contributed by atoms with E-state index in [4.69, 9.17) is 9.15 Å². The minimum absolute atomic E-state index is 0.0169. The molecule has 1 aromatic heterocycles. The van der Waals surface area contributed by atoms with E-state index in [1.807, 2.05) is 0 Å². The lowest BCUT2D eigenvalue weighted by molar-refractivity contribution is -0.123. The Kier molecular flexibility index (Phi) is 5.13. The number of hydrogen-bond donors (Lipinski definition) is 0. The van der Waals surface area contributed by atoms with E-state index in [1.165, 1.54) is 19.2 Å². The summed E-state index contributed by atoms with van der Waals surface area (Å²) in [7, 11) is 2.81. The van der Waals surface area contributed by atoms with Crippen molar-refractivity contribution in [1.82, 2.24) is 4.90 Å². The van der Waals surface area contributed by atoms with Gasteiger partial charge in [-0.3, -0.25) is 14.5 Å². The van der Waals surface area contributed by atoms with Gasteiger partial charge < -0.3 is 13.9 Å². The van der Waals surface area contributed by atoms with Crippen molar-refractivity contribution in [2.45, 2.75) is 6.54 Å². The molecule has 2 heterocycles. The normalized spacial score (nSPS) is 15.6. The van der Waals surface area contributed by atoms with Crippen LogP contribution in [-0.2, 0) is 16.1 Å². The molecule has 26 heavy (non-hydrogen) atoms. The van der Waals surface area contributed by atoms with Gasteiger partial charge in [0.2, 0.25) is 5.76 Å². The van der Waals surface area contributed by atoms with Gasteiger partial charge in [-0.25, -0.2) is 4.79 Å². The molecule has 1 saturated heterocycles. The van der Waals surface area contributed by atoms with Crippen LogP contribution in [0, 0.1) is 0 Å². The second-order valence-corrected chi connectivity index (χ2v) is 6.29. The van der Waals surface area contributed by atoms with Crippen molar-refractivity contribution in [2.75, 3.05) is 14.2 Å². The molecule has 134 valence electrons. The molecule has 0 atom stereocenters. The van der Waals surface area contributed by atoms with Gasteiger partial charge in [0.05, 0.1) is 25.7 Å². The summed E-state index contributed by atoms with van der Waals surface area (Å²) in [6.07, 6.45) is 1.65. The maximum absolute atomic E-state index is 12.5. The van der Waals surface area contributed by atoms with Gasteiger partial charge in [-0.15, -0.1) is 0 Å². The Hall–Kier alpha value is -3.00. The molecular weight excluding hydrogens is 358 g/mol. The fourth-order valence-electron chi connectivity index (χ4n) is 2.32. The molecule has 2 aromatic rings. The van der Waals surface area contributed by atoms with Crippen molar-refractivity contribution in [3.05, 3.63) is 58.4 Å².